The minimum atomic E-state index is -3.63. The standard InChI is InChI=1S/C23H26ClN3O4S/c24-21-9-8-19(32(30,31)27-12-4-5-13-27)16-20(21)23(29)26-14-10-18(11-15-26)25-22(28)17-6-2-1-3-7-17/h1-3,6-9,16,18H,4-5,10-15H2,(H,25,28). The molecule has 4 rings (SSSR count). The lowest BCUT2D eigenvalue weighted by molar-refractivity contribution is 0.0698. The Hall–Kier alpha value is -2.42. The normalized spacial score (nSPS) is 18.0. The Balaban J connectivity index is 1.41. The molecule has 0 radical (unpaired) electrons. The lowest BCUT2D eigenvalue weighted by atomic mass is 10.0. The van der Waals surface area contributed by atoms with Crippen LogP contribution in [0, 0.1) is 0 Å². The molecule has 2 amide bonds. The van der Waals surface area contributed by atoms with E-state index in [-0.39, 0.29) is 33.3 Å². The molecule has 1 N–H and O–H groups in total. The van der Waals surface area contributed by atoms with Gasteiger partial charge in [-0.3, -0.25) is 9.59 Å². The van der Waals surface area contributed by atoms with Crippen LogP contribution in [0.3, 0.4) is 0 Å². The summed E-state index contributed by atoms with van der Waals surface area (Å²) in [5, 5.41) is 3.25. The number of amides is 2. The molecular formula is C23H26ClN3O4S. The second-order valence-corrected chi connectivity index (χ2v) is 10.5. The van der Waals surface area contributed by atoms with E-state index in [1.165, 1.54) is 22.5 Å². The van der Waals surface area contributed by atoms with Gasteiger partial charge < -0.3 is 10.2 Å². The highest BCUT2D eigenvalue weighted by atomic mass is 35.5. The maximum absolute atomic E-state index is 13.1. The first kappa shape index (κ1) is 22.8. The van der Waals surface area contributed by atoms with Crippen LogP contribution in [-0.2, 0) is 10.0 Å². The molecule has 2 aliphatic heterocycles. The van der Waals surface area contributed by atoms with Crippen LogP contribution in [0.25, 0.3) is 0 Å². The Morgan fingerprint density at radius 2 is 1.59 bits per heavy atom. The van der Waals surface area contributed by atoms with Crippen molar-refractivity contribution >= 4 is 33.4 Å². The van der Waals surface area contributed by atoms with E-state index in [4.69, 9.17) is 11.6 Å². The van der Waals surface area contributed by atoms with Gasteiger partial charge in [0.05, 0.1) is 15.5 Å². The average molecular weight is 476 g/mol. The van der Waals surface area contributed by atoms with E-state index >= 15 is 0 Å². The van der Waals surface area contributed by atoms with Crippen LogP contribution >= 0.6 is 11.6 Å². The monoisotopic (exact) mass is 475 g/mol. The van der Waals surface area contributed by atoms with Crippen molar-refractivity contribution in [3.63, 3.8) is 0 Å². The first-order valence-corrected chi connectivity index (χ1v) is 12.6. The highest BCUT2D eigenvalue weighted by Crippen LogP contribution is 2.27. The molecule has 170 valence electrons. The van der Waals surface area contributed by atoms with E-state index in [2.05, 4.69) is 5.32 Å². The van der Waals surface area contributed by atoms with Crippen molar-refractivity contribution < 1.29 is 18.0 Å². The number of carbonyl (C=O) groups is 2. The number of hydrogen-bond donors (Lipinski definition) is 1. The fourth-order valence-electron chi connectivity index (χ4n) is 4.16. The summed E-state index contributed by atoms with van der Waals surface area (Å²) >= 11 is 6.27. The molecule has 0 aromatic heterocycles. The number of carbonyl (C=O) groups excluding carboxylic acids is 2. The lowest BCUT2D eigenvalue weighted by Crippen LogP contribution is -2.46. The lowest BCUT2D eigenvalue weighted by Gasteiger charge is -2.32. The number of likely N-dealkylation sites (tertiary alicyclic amines) is 1. The van der Waals surface area contributed by atoms with Crippen LogP contribution in [0.1, 0.15) is 46.4 Å². The average Bonchev–Trinajstić information content (AvgIpc) is 3.36. The second-order valence-electron chi connectivity index (χ2n) is 8.16. The smallest absolute Gasteiger partial charge is 0.255 e. The molecule has 0 aliphatic carbocycles. The first-order valence-electron chi connectivity index (χ1n) is 10.8. The molecule has 0 atom stereocenters. The van der Waals surface area contributed by atoms with E-state index in [0.717, 1.165) is 12.8 Å². The van der Waals surface area contributed by atoms with Gasteiger partial charge in [0.2, 0.25) is 10.0 Å². The molecule has 9 heteroatoms. The van der Waals surface area contributed by atoms with Crippen molar-refractivity contribution in [2.24, 2.45) is 0 Å². The topological polar surface area (TPSA) is 86.8 Å². The number of nitrogens with zero attached hydrogens (tertiary/aromatic N) is 2. The Morgan fingerprint density at radius 3 is 2.25 bits per heavy atom. The minimum absolute atomic E-state index is 0.0240. The van der Waals surface area contributed by atoms with Gasteiger partial charge in [-0.2, -0.15) is 4.31 Å². The number of nitrogens with one attached hydrogen (secondary N) is 1. The maximum atomic E-state index is 13.1. The van der Waals surface area contributed by atoms with Gasteiger partial charge in [0.15, 0.2) is 0 Å². The van der Waals surface area contributed by atoms with Crippen LogP contribution in [0.15, 0.2) is 53.4 Å². The predicted octanol–water partition coefficient (Wildman–Crippen LogP) is 3.16. The highest BCUT2D eigenvalue weighted by molar-refractivity contribution is 7.89. The van der Waals surface area contributed by atoms with Crippen LogP contribution in [-0.4, -0.2) is 61.7 Å². The van der Waals surface area contributed by atoms with E-state index < -0.39 is 10.0 Å². The molecule has 0 bridgehead atoms. The third kappa shape index (κ3) is 4.82. The van der Waals surface area contributed by atoms with Gasteiger partial charge in [0.25, 0.3) is 11.8 Å². The van der Waals surface area contributed by atoms with Gasteiger partial charge in [-0.1, -0.05) is 29.8 Å². The molecule has 2 aliphatic rings. The Bertz CT molecular complexity index is 1090. The SMILES string of the molecule is O=C(NC1CCN(C(=O)c2cc(S(=O)(=O)N3CCCC3)ccc2Cl)CC1)c1ccccc1. The maximum Gasteiger partial charge on any atom is 0.255 e. The summed E-state index contributed by atoms with van der Waals surface area (Å²) in [5.74, 6) is -0.417. The molecule has 0 unspecified atom stereocenters. The van der Waals surface area contributed by atoms with Crippen molar-refractivity contribution in [1.82, 2.24) is 14.5 Å². The molecule has 0 saturated carbocycles. The zero-order valence-corrected chi connectivity index (χ0v) is 19.2. The fraction of sp³-hybridized carbons (Fsp3) is 0.391. The largest absolute Gasteiger partial charge is 0.349 e. The van der Waals surface area contributed by atoms with Gasteiger partial charge >= 0.3 is 0 Å². The fourth-order valence-corrected chi connectivity index (χ4v) is 5.90. The summed E-state index contributed by atoms with van der Waals surface area (Å²) in [6, 6.07) is 13.3. The quantitative estimate of drug-likeness (QED) is 0.719. The summed E-state index contributed by atoms with van der Waals surface area (Å²) in [4.78, 5) is 27.2. The third-order valence-corrected chi connectivity index (χ3v) is 8.25. The minimum Gasteiger partial charge on any atom is -0.349 e. The summed E-state index contributed by atoms with van der Waals surface area (Å²) in [6.07, 6.45) is 2.92. The molecule has 7 nitrogen and oxygen atoms in total. The Labute approximate surface area is 193 Å². The van der Waals surface area contributed by atoms with E-state index in [1.807, 2.05) is 18.2 Å². The van der Waals surface area contributed by atoms with Gasteiger partial charge in [-0.05, 0) is 56.0 Å². The Kier molecular flexibility index (Phi) is 6.83. The van der Waals surface area contributed by atoms with Crippen molar-refractivity contribution in [3.05, 3.63) is 64.7 Å². The summed E-state index contributed by atoms with van der Waals surface area (Å²) in [6.45, 7) is 1.91. The number of piperidine rings is 1. The molecule has 2 saturated heterocycles. The first-order chi connectivity index (χ1) is 15.4. The number of rotatable bonds is 5. The Morgan fingerprint density at radius 1 is 0.938 bits per heavy atom. The molecule has 2 aromatic carbocycles. The summed E-state index contributed by atoms with van der Waals surface area (Å²) in [7, 11) is -3.63. The van der Waals surface area contributed by atoms with Gasteiger partial charge in [-0.15, -0.1) is 0 Å². The van der Waals surface area contributed by atoms with Crippen LogP contribution in [0.5, 0.6) is 0 Å². The van der Waals surface area contributed by atoms with Crippen molar-refractivity contribution in [3.8, 4) is 0 Å². The van der Waals surface area contributed by atoms with E-state index in [1.54, 1.807) is 17.0 Å². The molecule has 2 aromatic rings. The zero-order valence-electron chi connectivity index (χ0n) is 17.7. The highest BCUT2D eigenvalue weighted by Gasteiger charge is 2.30. The zero-order chi connectivity index (χ0) is 22.7. The third-order valence-electron chi connectivity index (χ3n) is 6.02. The van der Waals surface area contributed by atoms with E-state index in [9.17, 15) is 18.0 Å². The summed E-state index contributed by atoms with van der Waals surface area (Å²) in [5.41, 5.74) is 0.799. The molecule has 32 heavy (non-hydrogen) atoms. The van der Waals surface area contributed by atoms with E-state index in [0.29, 0.717) is 44.6 Å². The molecule has 2 fully saturated rings. The van der Waals surface area contributed by atoms with Gasteiger partial charge in [-0.25, -0.2) is 8.42 Å². The number of sulfonamides is 1. The van der Waals surface area contributed by atoms with Gasteiger partial charge in [0.1, 0.15) is 0 Å². The number of halogens is 1. The molecular weight excluding hydrogens is 450 g/mol. The van der Waals surface area contributed by atoms with Crippen LogP contribution in [0.2, 0.25) is 5.02 Å². The summed E-state index contributed by atoms with van der Waals surface area (Å²) < 4.78 is 27.2. The number of benzene rings is 2. The van der Waals surface area contributed by atoms with Crippen LogP contribution < -0.4 is 5.32 Å². The number of hydrogen-bond acceptors (Lipinski definition) is 4. The van der Waals surface area contributed by atoms with Gasteiger partial charge in [0, 0.05) is 37.8 Å². The van der Waals surface area contributed by atoms with Crippen molar-refractivity contribution in [2.45, 2.75) is 36.6 Å². The molecule has 2 heterocycles. The second kappa shape index (κ2) is 9.60. The predicted molar refractivity (Wildman–Crippen MR) is 122 cm³/mol. The van der Waals surface area contributed by atoms with Crippen molar-refractivity contribution in [2.75, 3.05) is 26.2 Å². The van der Waals surface area contributed by atoms with Crippen LogP contribution in [0.4, 0.5) is 0 Å². The molecule has 0 spiro atoms. The van der Waals surface area contributed by atoms with Crippen molar-refractivity contribution in [1.29, 1.82) is 0 Å².